The number of carbonyl (C=O) groups excluding carboxylic acids is 2. The first-order chi connectivity index (χ1) is 9.69. The Hall–Kier alpha value is -2.56. The zero-order chi connectivity index (χ0) is 14.4. The van der Waals surface area contributed by atoms with Crippen LogP contribution in [0.1, 0.15) is 22.5 Å². The Morgan fingerprint density at radius 2 is 2.05 bits per heavy atom. The van der Waals surface area contributed by atoms with Crippen LogP contribution in [0.5, 0.6) is 0 Å². The second-order valence-corrected chi connectivity index (χ2v) is 4.29. The molecule has 0 aliphatic rings. The van der Waals surface area contributed by atoms with E-state index in [1.807, 2.05) is 6.07 Å². The molecule has 0 fully saturated rings. The number of carbonyl (C=O) groups is 2. The Morgan fingerprint density at radius 3 is 2.75 bits per heavy atom. The minimum Gasteiger partial charge on any atom is -0.469 e. The largest absolute Gasteiger partial charge is 0.469 e. The van der Waals surface area contributed by atoms with Crippen molar-refractivity contribution in [3.63, 3.8) is 0 Å². The summed E-state index contributed by atoms with van der Waals surface area (Å²) in [6, 6.07) is 10.4. The van der Waals surface area contributed by atoms with Crippen molar-refractivity contribution in [1.29, 1.82) is 0 Å². The lowest BCUT2D eigenvalue weighted by molar-refractivity contribution is -0.116. The van der Waals surface area contributed by atoms with Crippen molar-refractivity contribution >= 4 is 17.5 Å². The summed E-state index contributed by atoms with van der Waals surface area (Å²) >= 11 is 0. The van der Waals surface area contributed by atoms with E-state index in [-0.39, 0.29) is 11.8 Å². The maximum absolute atomic E-state index is 11.8. The average Bonchev–Trinajstić information content (AvgIpc) is 2.98. The minimum absolute atomic E-state index is 0.115. The van der Waals surface area contributed by atoms with Gasteiger partial charge < -0.3 is 15.1 Å². The second-order valence-electron chi connectivity index (χ2n) is 4.29. The maximum atomic E-state index is 11.8. The molecule has 0 radical (unpaired) electrons. The quantitative estimate of drug-likeness (QED) is 0.876. The molecule has 0 aliphatic heterocycles. The number of amides is 2. The lowest BCUT2D eigenvalue weighted by Gasteiger charge is -2.06. The molecule has 0 saturated heterocycles. The molecule has 0 atom stereocenters. The molecule has 104 valence electrons. The third-order valence-electron chi connectivity index (χ3n) is 2.81. The average molecular weight is 272 g/mol. The van der Waals surface area contributed by atoms with Gasteiger partial charge in [-0.05, 0) is 30.3 Å². The highest BCUT2D eigenvalue weighted by atomic mass is 16.3. The van der Waals surface area contributed by atoms with E-state index >= 15 is 0 Å². The van der Waals surface area contributed by atoms with Crippen LogP contribution in [-0.4, -0.2) is 18.9 Å². The predicted octanol–water partition coefficient (Wildman–Crippen LogP) is 2.21. The van der Waals surface area contributed by atoms with Crippen LogP contribution < -0.4 is 10.6 Å². The summed E-state index contributed by atoms with van der Waals surface area (Å²) in [5, 5.41) is 5.30. The van der Waals surface area contributed by atoms with Crippen LogP contribution in [0.25, 0.3) is 0 Å². The molecule has 0 unspecified atom stereocenters. The molecule has 5 heteroatoms. The highest BCUT2D eigenvalue weighted by Crippen LogP contribution is 2.12. The zero-order valence-electron chi connectivity index (χ0n) is 11.2. The van der Waals surface area contributed by atoms with Gasteiger partial charge in [0.15, 0.2) is 0 Å². The van der Waals surface area contributed by atoms with Crippen LogP contribution in [0.3, 0.4) is 0 Å². The van der Waals surface area contributed by atoms with Crippen LogP contribution in [0.2, 0.25) is 0 Å². The van der Waals surface area contributed by atoms with E-state index in [1.54, 1.807) is 43.6 Å². The first-order valence-electron chi connectivity index (χ1n) is 6.33. The number of furan rings is 1. The van der Waals surface area contributed by atoms with Gasteiger partial charge in [-0.1, -0.05) is 6.07 Å². The van der Waals surface area contributed by atoms with E-state index in [9.17, 15) is 9.59 Å². The van der Waals surface area contributed by atoms with Crippen molar-refractivity contribution < 1.29 is 14.0 Å². The van der Waals surface area contributed by atoms with E-state index in [0.717, 1.165) is 5.76 Å². The Balaban J connectivity index is 1.92. The Morgan fingerprint density at radius 1 is 1.20 bits per heavy atom. The van der Waals surface area contributed by atoms with Crippen molar-refractivity contribution in [3.05, 3.63) is 54.0 Å². The molecule has 2 rings (SSSR count). The fourth-order valence-corrected chi connectivity index (χ4v) is 1.80. The van der Waals surface area contributed by atoms with Gasteiger partial charge in [-0.25, -0.2) is 0 Å². The van der Waals surface area contributed by atoms with E-state index in [4.69, 9.17) is 4.42 Å². The molecular weight excluding hydrogens is 256 g/mol. The van der Waals surface area contributed by atoms with Gasteiger partial charge in [0.25, 0.3) is 5.91 Å². The third kappa shape index (κ3) is 3.71. The minimum atomic E-state index is -0.184. The normalized spacial score (nSPS) is 10.1. The fraction of sp³-hybridized carbons (Fsp3) is 0.200. The van der Waals surface area contributed by atoms with Crippen molar-refractivity contribution in [2.75, 3.05) is 12.4 Å². The van der Waals surface area contributed by atoms with Crippen molar-refractivity contribution in [2.24, 2.45) is 0 Å². The number of benzene rings is 1. The van der Waals surface area contributed by atoms with Gasteiger partial charge >= 0.3 is 0 Å². The van der Waals surface area contributed by atoms with Gasteiger partial charge in [-0.15, -0.1) is 0 Å². The number of hydrogen-bond donors (Lipinski definition) is 2. The van der Waals surface area contributed by atoms with Crippen molar-refractivity contribution in [2.45, 2.75) is 12.8 Å². The van der Waals surface area contributed by atoms with Gasteiger partial charge in [0.2, 0.25) is 5.91 Å². The summed E-state index contributed by atoms with van der Waals surface area (Å²) in [6.07, 6.45) is 2.46. The number of hydrogen-bond acceptors (Lipinski definition) is 3. The van der Waals surface area contributed by atoms with E-state index in [1.165, 1.54) is 0 Å². The van der Waals surface area contributed by atoms with E-state index in [2.05, 4.69) is 10.6 Å². The van der Waals surface area contributed by atoms with Gasteiger partial charge in [-0.2, -0.15) is 0 Å². The third-order valence-corrected chi connectivity index (χ3v) is 2.81. The molecule has 0 bridgehead atoms. The molecule has 2 amide bonds. The molecule has 0 spiro atoms. The molecule has 1 aromatic carbocycles. The summed E-state index contributed by atoms with van der Waals surface area (Å²) in [5.41, 5.74) is 1.12. The smallest absolute Gasteiger partial charge is 0.251 e. The first kappa shape index (κ1) is 13.9. The second kappa shape index (κ2) is 6.56. The Kier molecular flexibility index (Phi) is 4.55. The molecule has 2 N–H and O–H groups in total. The Labute approximate surface area is 117 Å². The number of rotatable bonds is 5. The standard InChI is InChI=1S/C15H16N2O3/c1-16-15(19)11-4-2-5-12(10-11)17-14(18)8-7-13-6-3-9-20-13/h2-6,9-10H,7-8H2,1H3,(H,16,19)(H,17,18). The van der Waals surface area contributed by atoms with Crippen molar-refractivity contribution in [3.8, 4) is 0 Å². The zero-order valence-corrected chi connectivity index (χ0v) is 11.2. The monoisotopic (exact) mass is 272 g/mol. The van der Waals surface area contributed by atoms with Crippen LogP contribution in [0.15, 0.2) is 47.1 Å². The van der Waals surface area contributed by atoms with E-state index < -0.39 is 0 Å². The van der Waals surface area contributed by atoms with Crippen LogP contribution in [-0.2, 0) is 11.2 Å². The van der Waals surface area contributed by atoms with Crippen molar-refractivity contribution in [1.82, 2.24) is 5.32 Å². The summed E-state index contributed by atoms with van der Waals surface area (Å²) in [7, 11) is 1.57. The molecule has 5 nitrogen and oxygen atoms in total. The molecular formula is C15H16N2O3. The predicted molar refractivity (Wildman–Crippen MR) is 75.5 cm³/mol. The van der Waals surface area contributed by atoms with Gasteiger partial charge in [0.05, 0.1) is 6.26 Å². The molecule has 1 heterocycles. The molecule has 2 aromatic rings. The highest BCUT2D eigenvalue weighted by Gasteiger charge is 2.07. The summed E-state index contributed by atoms with van der Waals surface area (Å²) in [6.45, 7) is 0. The van der Waals surface area contributed by atoms with E-state index in [0.29, 0.717) is 24.1 Å². The summed E-state index contributed by atoms with van der Waals surface area (Å²) in [4.78, 5) is 23.3. The summed E-state index contributed by atoms with van der Waals surface area (Å²) < 4.78 is 5.17. The SMILES string of the molecule is CNC(=O)c1cccc(NC(=O)CCc2ccco2)c1. The van der Waals surface area contributed by atoms with Gasteiger partial charge in [-0.3, -0.25) is 9.59 Å². The summed E-state index contributed by atoms with van der Waals surface area (Å²) in [5.74, 6) is 0.478. The van der Waals surface area contributed by atoms with Crippen LogP contribution in [0.4, 0.5) is 5.69 Å². The lowest BCUT2D eigenvalue weighted by atomic mass is 10.2. The topological polar surface area (TPSA) is 71.3 Å². The molecule has 0 aliphatic carbocycles. The maximum Gasteiger partial charge on any atom is 0.251 e. The first-order valence-corrected chi connectivity index (χ1v) is 6.33. The Bertz CT molecular complexity index is 591. The van der Waals surface area contributed by atoms with Gasteiger partial charge in [0.1, 0.15) is 5.76 Å². The fourth-order valence-electron chi connectivity index (χ4n) is 1.80. The van der Waals surface area contributed by atoms with Gasteiger partial charge in [0, 0.05) is 31.1 Å². The number of anilines is 1. The molecule has 0 saturated carbocycles. The highest BCUT2D eigenvalue weighted by molar-refractivity contribution is 5.97. The van der Waals surface area contributed by atoms with Crippen LogP contribution in [0, 0.1) is 0 Å². The number of nitrogens with one attached hydrogen (secondary N) is 2. The lowest BCUT2D eigenvalue weighted by Crippen LogP contribution is -2.18. The number of aryl methyl sites for hydroxylation is 1. The van der Waals surface area contributed by atoms with Crippen LogP contribution >= 0.6 is 0 Å². The molecule has 20 heavy (non-hydrogen) atoms. The molecule has 1 aromatic heterocycles.